The first-order chi connectivity index (χ1) is 36.0. The number of nitrogens with zero attached hydrogens (tertiary/aromatic N) is 4. The van der Waals surface area contributed by atoms with E-state index in [1.54, 1.807) is 0 Å². The number of H-pyrrole nitrogens is 1. The van der Waals surface area contributed by atoms with Crippen LogP contribution in [0.1, 0.15) is 71.4 Å². The third-order valence-corrected chi connectivity index (χ3v) is 12.1. The molecule has 4 aromatic carbocycles. The Labute approximate surface area is 472 Å². The van der Waals surface area contributed by atoms with Crippen LogP contribution in [0.25, 0.3) is 5.69 Å². The topological polar surface area (TPSA) is 224 Å². The van der Waals surface area contributed by atoms with Gasteiger partial charge in [0.05, 0.1) is 56.1 Å². The van der Waals surface area contributed by atoms with Crippen LogP contribution >= 0.6 is 93.7 Å². The Morgan fingerprint density at radius 3 is 1.61 bits per heavy atom. The summed E-state index contributed by atoms with van der Waals surface area (Å²) in [5, 5.41) is 20.6. The fraction of sp³-hybridized carbons (Fsp3) is 0.273. The number of benzene rings is 4. The smallest absolute Gasteiger partial charge is 0.440 e. The molecule has 1 aliphatic heterocycles. The summed E-state index contributed by atoms with van der Waals surface area (Å²) in [6.07, 6.45) is -6.21. The second kappa shape index (κ2) is 25.1. The molecule has 3 aliphatic rings. The van der Waals surface area contributed by atoms with E-state index in [1.165, 1.54) is 12.1 Å². The van der Waals surface area contributed by atoms with Gasteiger partial charge in [0.25, 0.3) is 23.3 Å². The molecule has 410 valence electrons. The number of Topliss-reactive ketones (excluding diaryl/α,β-unsaturated/α-hetero) is 1. The number of aromatic amines is 1. The number of ketones is 1. The molecule has 33 heteroatoms. The first-order valence-corrected chi connectivity index (χ1v) is 25.8. The number of hydrazone groups is 1. The van der Waals surface area contributed by atoms with Crippen molar-refractivity contribution in [3.63, 3.8) is 0 Å². The highest BCUT2D eigenvalue weighted by atomic mass is 79.9. The van der Waals surface area contributed by atoms with E-state index < -0.39 is 93.8 Å². The number of ether oxygens (including phenoxy) is 3. The summed E-state index contributed by atoms with van der Waals surface area (Å²) in [4.78, 5) is 73.9. The molecule has 2 saturated carbocycles. The van der Waals surface area contributed by atoms with Crippen LogP contribution in [-0.2, 0) is 15.8 Å². The predicted molar refractivity (Wildman–Crippen MR) is 276 cm³/mol. The minimum absolute atomic E-state index is 0.00846. The Balaban J connectivity index is 0.000000233. The fourth-order valence-electron chi connectivity index (χ4n) is 6.83. The number of phenolic OH excluding ortho intramolecular Hbond substituents is 1. The molecule has 3 amide bonds. The standard InChI is InChI=1S/C22H16Cl2F4N4O5.C22H15Cl2F4N3O5.BBr3/c1-36-15-8-14(25)16(7-11(15)19(33)29-9-3-2-4-9)37-17-12(23)5-10(6-13(17)24)32-21(35)30-20(34)18(31-32)22(26,27)28;23-12-4-10(31-18(34)8-16(33)20(30-31)22(26,27)28)5-13(24)19(12)36-17-6-11(15(32)7-14(17)25)21(35)29-9-2-1-3-9;2-1(3)4/h5-9H,2-4H2,1H3,(H,29,33)(H,30,34,35);4-7,9,32H,1-3,8H2,(H,29,35);. The van der Waals surface area contributed by atoms with Gasteiger partial charge in [-0.15, -0.1) is 47.3 Å². The van der Waals surface area contributed by atoms with Gasteiger partial charge in [-0.25, -0.2) is 13.6 Å². The number of phenols is 1. The summed E-state index contributed by atoms with van der Waals surface area (Å²) >= 11 is 34.0. The third kappa shape index (κ3) is 15.0. The molecule has 17 nitrogen and oxygen atoms in total. The van der Waals surface area contributed by atoms with Gasteiger partial charge in [-0.05, 0) is 62.8 Å². The Kier molecular flexibility index (Phi) is 19.8. The van der Waals surface area contributed by atoms with Crippen molar-refractivity contribution in [2.75, 3.05) is 12.1 Å². The van der Waals surface area contributed by atoms with Gasteiger partial charge in [0, 0.05) is 36.3 Å². The van der Waals surface area contributed by atoms with Crippen molar-refractivity contribution in [3.05, 3.63) is 118 Å². The zero-order chi connectivity index (χ0) is 57.0. The summed E-state index contributed by atoms with van der Waals surface area (Å²) in [6.45, 7) is 0. The average molecular weight is 1360 g/mol. The molecule has 2 fully saturated rings. The monoisotopic (exact) mass is 1360 g/mol. The molecule has 5 aromatic rings. The molecule has 0 atom stereocenters. The van der Waals surface area contributed by atoms with E-state index in [2.05, 4.69) is 68.1 Å². The molecule has 0 unspecified atom stereocenters. The molecule has 8 rings (SSSR count). The van der Waals surface area contributed by atoms with E-state index in [0.29, 0.717) is 11.1 Å². The minimum Gasteiger partial charge on any atom is -0.507 e. The third-order valence-electron chi connectivity index (χ3n) is 10.9. The lowest BCUT2D eigenvalue weighted by atomic mass is 9.93. The second-order valence-corrected chi connectivity index (χ2v) is 24.2. The summed E-state index contributed by atoms with van der Waals surface area (Å²) < 4.78 is 124. The number of hydrogen-bond acceptors (Lipinski definition) is 12. The zero-order valence-corrected chi connectivity index (χ0v) is 46.2. The van der Waals surface area contributed by atoms with E-state index in [9.17, 15) is 69.0 Å². The lowest BCUT2D eigenvalue weighted by Gasteiger charge is -2.26. The van der Waals surface area contributed by atoms with Crippen LogP contribution in [0, 0.1) is 11.6 Å². The van der Waals surface area contributed by atoms with Gasteiger partial charge in [0.15, 0.2) is 40.4 Å². The Hall–Kier alpha value is -5.46. The number of nitrogens with one attached hydrogen (secondary N) is 3. The maximum Gasteiger partial charge on any atom is 0.440 e. The van der Waals surface area contributed by atoms with E-state index in [4.69, 9.17) is 60.6 Å². The first-order valence-electron chi connectivity index (χ1n) is 21.6. The molecular weight excluding hydrogens is 1330 g/mol. The highest BCUT2D eigenvalue weighted by Crippen LogP contribution is 2.43. The molecule has 2 aliphatic carbocycles. The van der Waals surface area contributed by atoms with E-state index in [-0.39, 0.29) is 79.8 Å². The molecule has 0 radical (unpaired) electrons. The fourth-order valence-corrected chi connectivity index (χ4v) is 7.94. The first kappa shape index (κ1) is 60.8. The SMILES string of the molecule is BrB(Br)Br.COc1cc(F)c(Oc2c(Cl)cc(-n3nc(C(F)(F)F)c(=O)[nH]c3=O)cc2Cl)cc1C(=O)NC1CCC1.O=C1CC(=O)N(c2cc(Cl)c(Oc3cc(C(=O)NC4CCC4)c(O)cc3F)c(Cl)c2)N=C1C(F)(F)F. The molecule has 0 bridgehead atoms. The average Bonchev–Trinajstić information content (AvgIpc) is 3.29. The van der Waals surface area contributed by atoms with Crippen LogP contribution in [0.4, 0.5) is 40.8 Å². The van der Waals surface area contributed by atoms with Gasteiger partial charge < -0.3 is 30.0 Å². The van der Waals surface area contributed by atoms with E-state index >= 15 is 0 Å². The van der Waals surface area contributed by atoms with Crippen LogP contribution in [0.3, 0.4) is 0 Å². The van der Waals surface area contributed by atoms with Gasteiger partial charge in [-0.3, -0.25) is 29.0 Å². The summed E-state index contributed by atoms with van der Waals surface area (Å²) in [7, 11) is 1.26. The lowest BCUT2D eigenvalue weighted by molar-refractivity contribution is -0.143. The van der Waals surface area contributed by atoms with Crippen LogP contribution in [0.15, 0.2) is 63.2 Å². The molecule has 2 heterocycles. The van der Waals surface area contributed by atoms with Crippen LogP contribution in [-0.4, -0.2) is 77.6 Å². The van der Waals surface area contributed by atoms with Crippen molar-refractivity contribution in [1.82, 2.24) is 25.4 Å². The number of methoxy groups -OCH3 is 1. The highest BCUT2D eigenvalue weighted by Gasteiger charge is 2.45. The van der Waals surface area contributed by atoms with Crippen molar-refractivity contribution in [1.29, 1.82) is 0 Å². The number of halogens is 15. The van der Waals surface area contributed by atoms with Gasteiger partial charge in [0.1, 0.15) is 11.5 Å². The minimum atomic E-state index is -5.14. The van der Waals surface area contributed by atoms with Crippen LogP contribution < -0.4 is 41.1 Å². The number of rotatable bonds is 11. The normalized spacial score (nSPS) is 14.6. The van der Waals surface area contributed by atoms with Gasteiger partial charge in [0.2, 0.25) is 11.4 Å². The molecule has 1 aromatic heterocycles. The highest BCUT2D eigenvalue weighted by molar-refractivity contribution is 9.69. The number of hydrogen-bond donors (Lipinski definition) is 4. The Bertz CT molecular complexity index is 3270. The van der Waals surface area contributed by atoms with Crippen molar-refractivity contribution >= 4 is 132 Å². The number of alkyl halides is 6. The van der Waals surface area contributed by atoms with Crippen molar-refractivity contribution in [2.45, 2.75) is 69.4 Å². The second-order valence-electron chi connectivity index (χ2n) is 16.2. The largest absolute Gasteiger partial charge is 0.507 e. The number of aromatic nitrogens is 3. The van der Waals surface area contributed by atoms with Crippen LogP contribution in [0.5, 0.6) is 34.5 Å². The summed E-state index contributed by atoms with van der Waals surface area (Å²) in [5.74, 6) is -8.01. The Morgan fingerprint density at radius 1 is 0.714 bits per heavy atom. The number of carbonyl (C=O) groups is 4. The Morgan fingerprint density at radius 2 is 1.17 bits per heavy atom. The van der Waals surface area contributed by atoms with Crippen molar-refractivity contribution in [2.24, 2.45) is 5.10 Å². The molecule has 4 N–H and O–H groups in total. The number of amides is 3. The van der Waals surface area contributed by atoms with Gasteiger partial charge >= 0.3 is 21.2 Å². The number of anilines is 1. The number of carbonyl (C=O) groups excluding carboxylic acids is 4. The van der Waals surface area contributed by atoms with Crippen LogP contribution in [0.2, 0.25) is 20.1 Å². The molecule has 77 heavy (non-hydrogen) atoms. The predicted octanol–water partition coefficient (Wildman–Crippen LogP) is 11.8. The maximum absolute atomic E-state index is 14.7. The summed E-state index contributed by atoms with van der Waals surface area (Å²) in [5.41, 5.74) is -7.58. The quantitative estimate of drug-likeness (QED) is 0.0553. The van der Waals surface area contributed by atoms with E-state index in [0.717, 1.165) is 81.0 Å². The van der Waals surface area contributed by atoms with E-state index in [1.807, 2.05) is 0 Å². The molecular formula is C44H31BBr3Cl4F8N7O10. The lowest BCUT2D eigenvalue weighted by Crippen LogP contribution is -2.43. The van der Waals surface area contributed by atoms with Gasteiger partial charge in [-0.1, -0.05) is 46.4 Å². The van der Waals surface area contributed by atoms with Crippen molar-refractivity contribution in [3.8, 4) is 40.2 Å². The molecule has 0 saturated heterocycles. The molecule has 0 spiro atoms. The number of aromatic hydroxyl groups is 1. The maximum atomic E-state index is 14.7. The van der Waals surface area contributed by atoms with Gasteiger partial charge in [-0.2, -0.15) is 46.2 Å². The zero-order valence-electron chi connectivity index (χ0n) is 38.4. The van der Waals surface area contributed by atoms with Crippen molar-refractivity contribution < 1.29 is 73.6 Å². The summed E-state index contributed by atoms with van der Waals surface area (Å²) in [6, 6.07) is 7.48.